The van der Waals surface area contributed by atoms with E-state index in [1.807, 2.05) is 0 Å². The van der Waals surface area contributed by atoms with Gasteiger partial charge in [0.05, 0.1) is 6.61 Å². The van der Waals surface area contributed by atoms with Crippen LogP contribution in [0.5, 0.6) is 0 Å². The molecule has 1 fully saturated rings. The topological polar surface area (TPSA) is 32.3 Å². The zero-order valence-electron chi connectivity index (χ0n) is 9.95. The van der Waals surface area contributed by atoms with Crippen molar-refractivity contribution in [2.24, 2.45) is 5.92 Å². The Morgan fingerprint density at radius 3 is 2.62 bits per heavy atom. The van der Waals surface area contributed by atoms with Crippen molar-refractivity contribution in [3.05, 3.63) is 35.4 Å². The third-order valence-corrected chi connectivity index (χ3v) is 3.68. The number of aliphatic hydroxyl groups excluding tert-OH is 1. The fourth-order valence-electron chi connectivity index (χ4n) is 2.55. The SMILES string of the molecule is CCc1ccc(C(CO)C2CCNC2)cc1. The fourth-order valence-corrected chi connectivity index (χ4v) is 2.55. The molecule has 2 heteroatoms. The lowest BCUT2D eigenvalue weighted by atomic mass is 9.85. The van der Waals surface area contributed by atoms with E-state index in [4.69, 9.17) is 0 Å². The molecule has 2 atom stereocenters. The van der Waals surface area contributed by atoms with E-state index in [-0.39, 0.29) is 6.61 Å². The zero-order valence-corrected chi connectivity index (χ0v) is 9.95. The first kappa shape index (κ1) is 11.6. The second-order valence-corrected chi connectivity index (χ2v) is 4.64. The zero-order chi connectivity index (χ0) is 11.4. The van der Waals surface area contributed by atoms with Crippen molar-refractivity contribution >= 4 is 0 Å². The molecule has 2 unspecified atom stereocenters. The third kappa shape index (κ3) is 2.45. The van der Waals surface area contributed by atoms with Gasteiger partial charge in [-0.25, -0.2) is 0 Å². The van der Waals surface area contributed by atoms with Crippen molar-refractivity contribution in [3.63, 3.8) is 0 Å². The Balaban J connectivity index is 2.12. The summed E-state index contributed by atoms with van der Waals surface area (Å²) in [7, 11) is 0. The lowest BCUT2D eigenvalue weighted by Crippen LogP contribution is -2.19. The predicted molar refractivity (Wildman–Crippen MR) is 66.6 cm³/mol. The average molecular weight is 219 g/mol. The first-order valence-corrected chi connectivity index (χ1v) is 6.25. The molecule has 88 valence electrons. The van der Waals surface area contributed by atoms with Crippen LogP contribution in [0.2, 0.25) is 0 Å². The van der Waals surface area contributed by atoms with E-state index in [1.165, 1.54) is 17.5 Å². The summed E-state index contributed by atoms with van der Waals surface area (Å²) in [5.74, 6) is 0.901. The molecule has 0 amide bonds. The van der Waals surface area contributed by atoms with E-state index in [0.29, 0.717) is 11.8 Å². The molecule has 0 radical (unpaired) electrons. The van der Waals surface area contributed by atoms with Gasteiger partial charge in [0.1, 0.15) is 0 Å². The monoisotopic (exact) mass is 219 g/mol. The quantitative estimate of drug-likeness (QED) is 0.811. The smallest absolute Gasteiger partial charge is 0.0502 e. The van der Waals surface area contributed by atoms with Gasteiger partial charge in [-0.1, -0.05) is 31.2 Å². The molecule has 1 saturated heterocycles. The standard InChI is InChI=1S/C14H21NO/c1-2-11-3-5-12(6-4-11)14(10-16)13-7-8-15-9-13/h3-6,13-16H,2,7-10H2,1H3. The van der Waals surface area contributed by atoms with Gasteiger partial charge in [0, 0.05) is 5.92 Å². The summed E-state index contributed by atoms with van der Waals surface area (Å²) in [5, 5.41) is 12.9. The molecule has 0 bridgehead atoms. The minimum Gasteiger partial charge on any atom is -0.396 e. The summed E-state index contributed by atoms with van der Waals surface area (Å²) in [6, 6.07) is 8.72. The van der Waals surface area contributed by atoms with E-state index in [1.54, 1.807) is 0 Å². The molecule has 0 aromatic heterocycles. The van der Waals surface area contributed by atoms with Crippen LogP contribution in [0.15, 0.2) is 24.3 Å². The minimum atomic E-state index is 0.262. The number of rotatable bonds is 4. The Morgan fingerprint density at radius 1 is 1.38 bits per heavy atom. The molecule has 1 aliphatic heterocycles. The molecular weight excluding hydrogens is 198 g/mol. The summed E-state index contributed by atoms with van der Waals surface area (Å²) < 4.78 is 0. The number of aryl methyl sites for hydroxylation is 1. The van der Waals surface area contributed by atoms with E-state index < -0.39 is 0 Å². The predicted octanol–water partition coefficient (Wildman–Crippen LogP) is 1.93. The first-order valence-electron chi connectivity index (χ1n) is 6.25. The van der Waals surface area contributed by atoms with Gasteiger partial charge in [-0.3, -0.25) is 0 Å². The number of hydrogen-bond acceptors (Lipinski definition) is 2. The Hall–Kier alpha value is -0.860. The Morgan fingerprint density at radius 2 is 2.12 bits per heavy atom. The van der Waals surface area contributed by atoms with Crippen LogP contribution < -0.4 is 5.32 Å². The molecule has 1 aliphatic rings. The molecule has 1 aromatic rings. The van der Waals surface area contributed by atoms with Crippen LogP contribution in [0.1, 0.15) is 30.4 Å². The van der Waals surface area contributed by atoms with Crippen molar-refractivity contribution in [1.82, 2.24) is 5.32 Å². The molecule has 0 spiro atoms. The maximum absolute atomic E-state index is 9.54. The normalized spacial score (nSPS) is 22.2. The van der Waals surface area contributed by atoms with Gasteiger partial charge in [-0.2, -0.15) is 0 Å². The Bertz CT molecular complexity index is 314. The molecule has 1 heterocycles. The lowest BCUT2D eigenvalue weighted by Gasteiger charge is -2.21. The van der Waals surface area contributed by atoms with Gasteiger partial charge < -0.3 is 10.4 Å². The summed E-state index contributed by atoms with van der Waals surface area (Å²) in [6.45, 7) is 4.56. The third-order valence-electron chi connectivity index (χ3n) is 3.68. The summed E-state index contributed by atoms with van der Waals surface area (Å²) in [4.78, 5) is 0. The summed E-state index contributed by atoms with van der Waals surface area (Å²) in [6.07, 6.45) is 2.26. The Kier molecular flexibility index (Phi) is 3.97. The largest absolute Gasteiger partial charge is 0.396 e. The molecule has 2 N–H and O–H groups in total. The number of aliphatic hydroxyl groups is 1. The van der Waals surface area contributed by atoms with Crippen LogP contribution in [0.25, 0.3) is 0 Å². The van der Waals surface area contributed by atoms with Crippen molar-refractivity contribution in [1.29, 1.82) is 0 Å². The van der Waals surface area contributed by atoms with Crippen molar-refractivity contribution in [2.45, 2.75) is 25.7 Å². The maximum Gasteiger partial charge on any atom is 0.0502 e. The molecular formula is C14H21NO. The lowest BCUT2D eigenvalue weighted by molar-refractivity contribution is 0.231. The van der Waals surface area contributed by atoms with E-state index in [9.17, 15) is 5.11 Å². The molecule has 0 aliphatic carbocycles. The number of hydrogen-bond donors (Lipinski definition) is 2. The van der Waals surface area contributed by atoms with E-state index in [0.717, 1.165) is 19.5 Å². The van der Waals surface area contributed by atoms with Crippen LogP contribution >= 0.6 is 0 Å². The van der Waals surface area contributed by atoms with Crippen LogP contribution in [-0.2, 0) is 6.42 Å². The highest BCUT2D eigenvalue weighted by molar-refractivity contribution is 5.26. The summed E-state index contributed by atoms with van der Waals surface area (Å²) >= 11 is 0. The second kappa shape index (κ2) is 5.46. The van der Waals surface area contributed by atoms with Gasteiger partial charge in [-0.15, -0.1) is 0 Å². The van der Waals surface area contributed by atoms with Crippen molar-refractivity contribution in [2.75, 3.05) is 19.7 Å². The van der Waals surface area contributed by atoms with Crippen LogP contribution in [0.4, 0.5) is 0 Å². The van der Waals surface area contributed by atoms with Gasteiger partial charge >= 0.3 is 0 Å². The minimum absolute atomic E-state index is 0.262. The van der Waals surface area contributed by atoms with Gasteiger partial charge in [0.15, 0.2) is 0 Å². The first-order chi connectivity index (χ1) is 7.85. The van der Waals surface area contributed by atoms with Gasteiger partial charge in [-0.05, 0) is 43.0 Å². The van der Waals surface area contributed by atoms with E-state index >= 15 is 0 Å². The van der Waals surface area contributed by atoms with Crippen LogP contribution in [0.3, 0.4) is 0 Å². The van der Waals surface area contributed by atoms with Gasteiger partial charge in [0.2, 0.25) is 0 Å². The number of nitrogens with one attached hydrogen (secondary N) is 1. The molecule has 2 rings (SSSR count). The van der Waals surface area contributed by atoms with Crippen molar-refractivity contribution < 1.29 is 5.11 Å². The van der Waals surface area contributed by atoms with Gasteiger partial charge in [0.25, 0.3) is 0 Å². The van der Waals surface area contributed by atoms with Crippen molar-refractivity contribution in [3.8, 4) is 0 Å². The highest BCUT2D eigenvalue weighted by Crippen LogP contribution is 2.28. The molecule has 1 aromatic carbocycles. The van der Waals surface area contributed by atoms with Crippen LogP contribution in [0, 0.1) is 5.92 Å². The summed E-state index contributed by atoms with van der Waals surface area (Å²) in [5.41, 5.74) is 2.65. The maximum atomic E-state index is 9.54. The highest BCUT2D eigenvalue weighted by atomic mass is 16.3. The number of benzene rings is 1. The second-order valence-electron chi connectivity index (χ2n) is 4.64. The average Bonchev–Trinajstić information content (AvgIpc) is 2.85. The fraction of sp³-hybridized carbons (Fsp3) is 0.571. The van der Waals surface area contributed by atoms with E-state index in [2.05, 4.69) is 36.5 Å². The molecule has 16 heavy (non-hydrogen) atoms. The molecule has 2 nitrogen and oxygen atoms in total. The Labute approximate surface area is 97.7 Å². The molecule has 0 saturated carbocycles. The van der Waals surface area contributed by atoms with Crippen LogP contribution in [-0.4, -0.2) is 24.8 Å². The highest BCUT2D eigenvalue weighted by Gasteiger charge is 2.25.